The van der Waals surface area contributed by atoms with E-state index in [1.54, 1.807) is 12.1 Å². The number of carbonyl (C=O) groups is 1. The minimum absolute atomic E-state index is 0.00649. The van der Waals surface area contributed by atoms with Gasteiger partial charge < -0.3 is 15.1 Å². The zero-order chi connectivity index (χ0) is 13.0. The van der Waals surface area contributed by atoms with Crippen LogP contribution >= 0.6 is 0 Å². The fourth-order valence-corrected chi connectivity index (χ4v) is 2.05. The second kappa shape index (κ2) is 5.58. The fraction of sp³-hybridized carbons (Fsp3) is 0.357. The van der Waals surface area contributed by atoms with Crippen LogP contribution in [0.15, 0.2) is 24.3 Å². The molecule has 1 aromatic carbocycles. The first-order valence-electron chi connectivity index (χ1n) is 6.16. The molecule has 1 amide bonds. The lowest BCUT2D eigenvalue weighted by Gasteiger charge is -2.25. The molecule has 0 aromatic heterocycles. The third-order valence-electron chi connectivity index (χ3n) is 3.09. The van der Waals surface area contributed by atoms with Crippen molar-refractivity contribution in [3.05, 3.63) is 29.8 Å². The van der Waals surface area contributed by atoms with E-state index < -0.39 is 0 Å². The first-order chi connectivity index (χ1) is 8.66. The van der Waals surface area contributed by atoms with Crippen molar-refractivity contribution in [1.82, 2.24) is 4.90 Å². The van der Waals surface area contributed by atoms with Crippen molar-refractivity contribution < 1.29 is 15.0 Å². The summed E-state index contributed by atoms with van der Waals surface area (Å²) >= 11 is 0. The Morgan fingerprint density at radius 1 is 1.17 bits per heavy atom. The highest BCUT2D eigenvalue weighted by Crippen LogP contribution is 2.23. The molecule has 18 heavy (non-hydrogen) atoms. The summed E-state index contributed by atoms with van der Waals surface area (Å²) < 4.78 is 0. The van der Waals surface area contributed by atoms with Crippen molar-refractivity contribution in [2.45, 2.75) is 19.3 Å². The van der Waals surface area contributed by atoms with Crippen molar-refractivity contribution >= 4 is 12.0 Å². The lowest BCUT2D eigenvalue weighted by molar-refractivity contribution is -0.126. The number of aromatic hydroxyl groups is 2. The van der Waals surface area contributed by atoms with E-state index in [2.05, 4.69) is 0 Å². The van der Waals surface area contributed by atoms with E-state index in [-0.39, 0.29) is 17.4 Å². The van der Waals surface area contributed by atoms with E-state index in [4.69, 9.17) is 5.11 Å². The van der Waals surface area contributed by atoms with Gasteiger partial charge in [-0.2, -0.15) is 0 Å². The van der Waals surface area contributed by atoms with Gasteiger partial charge in [-0.15, -0.1) is 0 Å². The Hall–Kier alpha value is -1.97. The molecule has 2 N–H and O–H groups in total. The van der Waals surface area contributed by atoms with Gasteiger partial charge in [0.25, 0.3) is 0 Å². The molecule has 1 aliphatic heterocycles. The number of amides is 1. The predicted octanol–water partition coefficient (Wildman–Crippen LogP) is 2.12. The second-order valence-corrected chi connectivity index (χ2v) is 4.46. The average molecular weight is 247 g/mol. The minimum atomic E-state index is -0.0299. The van der Waals surface area contributed by atoms with Crippen LogP contribution in [-0.4, -0.2) is 34.1 Å². The Bertz CT molecular complexity index is 462. The number of likely N-dealkylation sites (tertiary alicyclic amines) is 1. The molecule has 1 fully saturated rings. The van der Waals surface area contributed by atoms with Crippen LogP contribution in [0, 0.1) is 0 Å². The standard InChI is InChI=1S/C14H17NO3/c16-12-6-4-11(13(17)10-12)5-7-14(18)15-8-2-1-3-9-15/h4-7,10,16-17H,1-3,8-9H2. The fourth-order valence-electron chi connectivity index (χ4n) is 2.05. The lowest BCUT2D eigenvalue weighted by Crippen LogP contribution is -2.34. The van der Waals surface area contributed by atoms with E-state index in [0.29, 0.717) is 5.56 Å². The Labute approximate surface area is 106 Å². The highest BCUT2D eigenvalue weighted by Gasteiger charge is 2.13. The number of phenols is 2. The van der Waals surface area contributed by atoms with Crippen LogP contribution in [0.2, 0.25) is 0 Å². The summed E-state index contributed by atoms with van der Waals surface area (Å²) in [6.07, 6.45) is 6.35. The number of hydrogen-bond acceptors (Lipinski definition) is 3. The number of piperidine rings is 1. The molecule has 0 bridgehead atoms. The number of benzene rings is 1. The molecular formula is C14H17NO3. The maximum atomic E-state index is 11.9. The molecule has 0 unspecified atom stereocenters. The summed E-state index contributed by atoms with van der Waals surface area (Å²) in [4.78, 5) is 13.7. The van der Waals surface area contributed by atoms with Gasteiger partial charge in [0.05, 0.1) is 0 Å². The third-order valence-corrected chi connectivity index (χ3v) is 3.09. The molecule has 0 spiro atoms. The summed E-state index contributed by atoms with van der Waals surface area (Å²) in [6, 6.07) is 4.31. The van der Waals surface area contributed by atoms with Gasteiger partial charge in [0, 0.05) is 30.8 Å². The van der Waals surface area contributed by atoms with Crippen LogP contribution in [0.5, 0.6) is 11.5 Å². The molecule has 0 aliphatic carbocycles. The number of hydrogen-bond donors (Lipinski definition) is 2. The highest BCUT2D eigenvalue weighted by molar-refractivity contribution is 5.92. The second-order valence-electron chi connectivity index (χ2n) is 4.46. The Kier molecular flexibility index (Phi) is 3.87. The van der Waals surface area contributed by atoms with Crippen molar-refractivity contribution in [1.29, 1.82) is 0 Å². The number of phenolic OH excluding ortho intramolecular Hbond substituents is 2. The van der Waals surface area contributed by atoms with E-state index in [1.807, 2.05) is 4.90 Å². The minimum Gasteiger partial charge on any atom is -0.508 e. The van der Waals surface area contributed by atoms with E-state index in [1.165, 1.54) is 24.6 Å². The van der Waals surface area contributed by atoms with Gasteiger partial charge in [0.15, 0.2) is 0 Å². The quantitative estimate of drug-likeness (QED) is 0.787. The Balaban J connectivity index is 2.03. The molecular weight excluding hydrogens is 230 g/mol. The number of rotatable bonds is 2. The topological polar surface area (TPSA) is 60.8 Å². The molecule has 2 rings (SSSR count). The third kappa shape index (κ3) is 3.03. The SMILES string of the molecule is O=C(C=Cc1ccc(O)cc1O)N1CCCCC1. The van der Waals surface area contributed by atoms with Crippen LogP contribution in [0.25, 0.3) is 6.08 Å². The van der Waals surface area contributed by atoms with Crippen LogP contribution in [-0.2, 0) is 4.79 Å². The molecule has 0 radical (unpaired) electrons. The molecule has 0 atom stereocenters. The van der Waals surface area contributed by atoms with Crippen molar-refractivity contribution in [3.63, 3.8) is 0 Å². The monoisotopic (exact) mass is 247 g/mol. The van der Waals surface area contributed by atoms with Crippen molar-refractivity contribution in [2.24, 2.45) is 0 Å². The summed E-state index contributed by atoms with van der Waals surface area (Å²) in [6.45, 7) is 1.62. The van der Waals surface area contributed by atoms with Crippen LogP contribution in [0.3, 0.4) is 0 Å². The normalized spacial score (nSPS) is 16.1. The predicted molar refractivity (Wildman–Crippen MR) is 69.2 cm³/mol. The van der Waals surface area contributed by atoms with Crippen LogP contribution < -0.4 is 0 Å². The van der Waals surface area contributed by atoms with Gasteiger partial charge in [0.1, 0.15) is 11.5 Å². The average Bonchev–Trinajstić information content (AvgIpc) is 2.38. The first kappa shape index (κ1) is 12.5. The van der Waals surface area contributed by atoms with Crippen LogP contribution in [0.1, 0.15) is 24.8 Å². The van der Waals surface area contributed by atoms with Crippen LogP contribution in [0.4, 0.5) is 0 Å². The van der Waals surface area contributed by atoms with Crippen molar-refractivity contribution in [3.8, 4) is 11.5 Å². The Morgan fingerprint density at radius 2 is 1.89 bits per heavy atom. The van der Waals surface area contributed by atoms with E-state index >= 15 is 0 Å². The van der Waals surface area contributed by atoms with Gasteiger partial charge in [-0.1, -0.05) is 0 Å². The summed E-state index contributed by atoms with van der Waals surface area (Å²) in [5.41, 5.74) is 0.526. The maximum absolute atomic E-state index is 11.9. The van der Waals surface area contributed by atoms with Gasteiger partial charge >= 0.3 is 0 Å². The van der Waals surface area contributed by atoms with E-state index in [0.717, 1.165) is 25.9 Å². The summed E-state index contributed by atoms with van der Waals surface area (Å²) in [7, 11) is 0. The highest BCUT2D eigenvalue weighted by atomic mass is 16.3. The largest absolute Gasteiger partial charge is 0.508 e. The first-order valence-corrected chi connectivity index (χ1v) is 6.16. The summed E-state index contributed by atoms with van der Waals surface area (Å²) in [5.74, 6) is -0.0492. The number of carbonyl (C=O) groups excluding carboxylic acids is 1. The molecule has 1 aromatic rings. The molecule has 4 heteroatoms. The van der Waals surface area contributed by atoms with E-state index in [9.17, 15) is 9.90 Å². The molecule has 96 valence electrons. The molecule has 1 aliphatic rings. The van der Waals surface area contributed by atoms with Gasteiger partial charge in [-0.05, 0) is 37.5 Å². The van der Waals surface area contributed by atoms with Crippen molar-refractivity contribution in [2.75, 3.05) is 13.1 Å². The molecule has 1 heterocycles. The maximum Gasteiger partial charge on any atom is 0.246 e. The van der Waals surface area contributed by atoms with Gasteiger partial charge in [0.2, 0.25) is 5.91 Å². The molecule has 4 nitrogen and oxygen atoms in total. The number of nitrogens with zero attached hydrogens (tertiary/aromatic N) is 1. The van der Waals surface area contributed by atoms with Gasteiger partial charge in [-0.25, -0.2) is 0 Å². The zero-order valence-corrected chi connectivity index (χ0v) is 10.2. The lowest BCUT2D eigenvalue weighted by atomic mass is 10.1. The Morgan fingerprint density at radius 3 is 2.56 bits per heavy atom. The zero-order valence-electron chi connectivity index (χ0n) is 10.2. The summed E-state index contributed by atoms with van der Waals surface area (Å²) in [5, 5.41) is 18.7. The smallest absolute Gasteiger partial charge is 0.246 e. The van der Waals surface area contributed by atoms with Gasteiger partial charge in [-0.3, -0.25) is 4.79 Å². The molecule has 0 saturated carbocycles. The molecule has 1 saturated heterocycles.